The van der Waals surface area contributed by atoms with E-state index in [1.54, 1.807) is 6.92 Å². The van der Waals surface area contributed by atoms with Crippen LogP contribution in [-0.2, 0) is 6.54 Å². The lowest BCUT2D eigenvalue weighted by Crippen LogP contribution is -2.25. The highest BCUT2D eigenvalue weighted by Gasteiger charge is 2.05. The topological polar surface area (TPSA) is 55.1 Å². The van der Waals surface area contributed by atoms with Crippen molar-refractivity contribution in [2.75, 3.05) is 0 Å². The molecule has 0 aliphatic carbocycles. The summed E-state index contributed by atoms with van der Waals surface area (Å²) in [6.07, 6.45) is 1.71. The van der Waals surface area contributed by atoms with Crippen molar-refractivity contribution in [2.45, 2.75) is 32.9 Å². The average molecular weight is 308 g/mol. The highest BCUT2D eigenvalue weighted by Crippen LogP contribution is 2.02. The maximum Gasteiger partial charge on any atom is 0.267 e. The molecular weight excluding hydrogens is 295 g/mol. The first-order chi connectivity index (χ1) is 6.52. The van der Waals surface area contributed by atoms with Crippen LogP contribution in [0.15, 0.2) is 11.1 Å². The van der Waals surface area contributed by atoms with Crippen molar-refractivity contribution >= 4 is 22.6 Å². The van der Waals surface area contributed by atoms with E-state index < -0.39 is 0 Å². The molecule has 0 aliphatic heterocycles. The van der Waals surface area contributed by atoms with E-state index in [2.05, 4.69) is 4.98 Å². The van der Waals surface area contributed by atoms with Crippen molar-refractivity contribution in [3.63, 3.8) is 0 Å². The lowest BCUT2D eigenvalue weighted by atomic mass is 10.3. The van der Waals surface area contributed by atoms with Gasteiger partial charge in [-0.15, -0.1) is 0 Å². The van der Waals surface area contributed by atoms with E-state index in [0.29, 0.717) is 16.5 Å². The number of aromatic nitrogens is 2. The van der Waals surface area contributed by atoms with Crippen molar-refractivity contribution in [3.05, 3.63) is 25.9 Å². The highest BCUT2D eigenvalue weighted by molar-refractivity contribution is 14.1. The minimum absolute atomic E-state index is 0.0289. The number of halogens is 1. The monoisotopic (exact) mass is 308 g/mol. The highest BCUT2D eigenvalue weighted by atomic mass is 127. The normalized spacial score (nSPS) is 12.9. The summed E-state index contributed by atoms with van der Waals surface area (Å²) in [4.78, 5) is 15.7. The van der Waals surface area contributed by atoms with Crippen LogP contribution in [-0.4, -0.2) is 20.8 Å². The second-order valence-electron chi connectivity index (χ2n) is 3.28. The number of rotatable bonds is 3. The third kappa shape index (κ3) is 2.78. The van der Waals surface area contributed by atoms with Gasteiger partial charge in [0, 0.05) is 6.54 Å². The van der Waals surface area contributed by atoms with Gasteiger partial charge < -0.3 is 5.11 Å². The average Bonchev–Trinajstić information content (AvgIpc) is 2.13. The van der Waals surface area contributed by atoms with Gasteiger partial charge >= 0.3 is 0 Å². The fourth-order valence-electron chi connectivity index (χ4n) is 1.03. The number of aryl methyl sites for hydroxylation is 2. The molecular formula is C9H13IN2O2. The lowest BCUT2D eigenvalue weighted by Gasteiger charge is -2.07. The quantitative estimate of drug-likeness (QED) is 0.845. The minimum Gasteiger partial charge on any atom is -0.393 e. The summed E-state index contributed by atoms with van der Waals surface area (Å²) < 4.78 is 2.18. The maximum atomic E-state index is 11.6. The van der Waals surface area contributed by atoms with Crippen molar-refractivity contribution in [1.29, 1.82) is 0 Å². The molecule has 78 valence electrons. The van der Waals surface area contributed by atoms with E-state index in [-0.39, 0.29) is 11.7 Å². The molecule has 0 bridgehead atoms. The Morgan fingerprint density at radius 3 is 2.93 bits per heavy atom. The number of hydrogen-bond acceptors (Lipinski definition) is 3. The lowest BCUT2D eigenvalue weighted by molar-refractivity contribution is 0.177. The Hall–Kier alpha value is -0.430. The molecule has 1 aromatic heterocycles. The van der Waals surface area contributed by atoms with Crippen LogP contribution in [0.3, 0.4) is 0 Å². The van der Waals surface area contributed by atoms with E-state index in [9.17, 15) is 4.79 Å². The SMILES string of the molecule is Cc1ncn(CCC(C)O)c(=O)c1I. The van der Waals surface area contributed by atoms with Gasteiger partial charge in [-0.2, -0.15) is 0 Å². The van der Waals surface area contributed by atoms with Crippen molar-refractivity contribution < 1.29 is 5.11 Å². The summed E-state index contributed by atoms with van der Waals surface area (Å²) in [6.45, 7) is 4.03. The standard InChI is InChI=1S/C9H13IN2O2/c1-6(13)3-4-12-5-11-7(2)8(10)9(12)14/h5-6,13H,3-4H2,1-2H3. The van der Waals surface area contributed by atoms with Gasteiger partial charge in [0.2, 0.25) is 0 Å². The van der Waals surface area contributed by atoms with Crippen molar-refractivity contribution in [1.82, 2.24) is 9.55 Å². The third-order valence-electron chi connectivity index (χ3n) is 1.94. The van der Waals surface area contributed by atoms with E-state index in [4.69, 9.17) is 5.11 Å². The molecule has 1 atom stereocenters. The predicted molar refractivity (Wildman–Crippen MR) is 62.2 cm³/mol. The summed E-state index contributed by atoms with van der Waals surface area (Å²) >= 11 is 1.99. The molecule has 0 aliphatic rings. The van der Waals surface area contributed by atoms with Crippen LogP contribution in [0.2, 0.25) is 0 Å². The maximum absolute atomic E-state index is 11.6. The van der Waals surface area contributed by atoms with E-state index in [1.165, 1.54) is 10.9 Å². The Morgan fingerprint density at radius 1 is 1.71 bits per heavy atom. The van der Waals surface area contributed by atoms with Crippen LogP contribution in [0.25, 0.3) is 0 Å². The second-order valence-corrected chi connectivity index (χ2v) is 4.36. The van der Waals surface area contributed by atoms with Gasteiger partial charge in [0.25, 0.3) is 5.56 Å². The molecule has 1 aromatic rings. The molecule has 0 amide bonds. The Balaban J connectivity index is 2.89. The van der Waals surface area contributed by atoms with E-state index in [0.717, 1.165) is 5.69 Å². The Bertz CT molecular complexity index is 374. The number of hydrogen-bond donors (Lipinski definition) is 1. The zero-order chi connectivity index (χ0) is 10.7. The zero-order valence-electron chi connectivity index (χ0n) is 8.20. The van der Waals surface area contributed by atoms with Gasteiger partial charge in [0.15, 0.2) is 0 Å². The Kier molecular flexibility index (Phi) is 4.06. The molecule has 1 heterocycles. The summed E-state index contributed by atoms with van der Waals surface area (Å²) in [5.41, 5.74) is 0.725. The molecule has 0 aromatic carbocycles. The Labute approximate surface area is 96.1 Å². The van der Waals surface area contributed by atoms with Crippen molar-refractivity contribution in [3.8, 4) is 0 Å². The number of aliphatic hydroxyl groups is 1. The molecule has 0 fully saturated rings. The van der Waals surface area contributed by atoms with Gasteiger partial charge in [-0.05, 0) is 42.9 Å². The van der Waals surface area contributed by atoms with Crippen LogP contribution in [0, 0.1) is 10.5 Å². The first-order valence-corrected chi connectivity index (χ1v) is 5.50. The molecule has 1 N–H and O–H groups in total. The van der Waals surface area contributed by atoms with Gasteiger partial charge in [0.1, 0.15) is 0 Å². The van der Waals surface area contributed by atoms with Gasteiger partial charge in [-0.25, -0.2) is 4.98 Å². The summed E-state index contributed by atoms with van der Waals surface area (Å²) in [6, 6.07) is 0. The molecule has 1 rings (SSSR count). The summed E-state index contributed by atoms with van der Waals surface area (Å²) in [5.74, 6) is 0. The summed E-state index contributed by atoms with van der Waals surface area (Å²) in [5, 5.41) is 9.09. The van der Waals surface area contributed by atoms with Crippen LogP contribution >= 0.6 is 22.6 Å². The van der Waals surface area contributed by atoms with Crippen LogP contribution in [0.1, 0.15) is 19.0 Å². The second kappa shape index (κ2) is 4.88. The number of nitrogens with zero attached hydrogens (tertiary/aromatic N) is 2. The fraction of sp³-hybridized carbons (Fsp3) is 0.556. The largest absolute Gasteiger partial charge is 0.393 e. The molecule has 0 saturated heterocycles. The first-order valence-electron chi connectivity index (χ1n) is 4.42. The fourth-order valence-corrected chi connectivity index (χ4v) is 1.48. The first kappa shape index (κ1) is 11.6. The third-order valence-corrected chi connectivity index (χ3v) is 3.19. The van der Waals surface area contributed by atoms with Gasteiger partial charge in [-0.1, -0.05) is 0 Å². The molecule has 5 heteroatoms. The summed E-state index contributed by atoms with van der Waals surface area (Å²) in [7, 11) is 0. The molecule has 0 saturated carbocycles. The smallest absolute Gasteiger partial charge is 0.267 e. The Morgan fingerprint density at radius 2 is 2.36 bits per heavy atom. The van der Waals surface area contributed by atoms with Gasteiger partial charge in [0.05, 0.1) is 21.7 Å². The minimum atomic E-state index is -0.388. The molecule has 14 heavy (non-hydrogen) atoms. The zero-order valence-corrected chi connectivity index (χ0v) is 10.4. The molecule has 4 nitrogen and oxygen atoms in total. The van der Waals surface area contributed by atoms with Gasteiger partial charge in [-0.3, -0.25) is 9.36 Å². The molecule has 0 spiro atoms. The van der Waals surface area contributed by atoms with E-state index >= 15 is 0 Å². The molecule has 0 radical (unpaired) electrons. The predicted octanol–water partition coefficient (Wildman–Crippen LogP) is 0.927. The molecule has 1 unspecified atom stereocenters. The van der Waals surface area contributed by atoms with E-state index in [1.807, 2.05) is 29.5 Å². The van der Waals surface area contributed by atoms with Crippen molar-refractivity contribution in [2.24, 2.45) is 0 Å². The van der Waals surface area contributed by atoms with Crippen LogP contribution in [0.4, 0.5) is 0 Å². The van der Waals surface area contributed by atoms with Crippen LogP contribution < -0.4 is 5.56 Å². The van der Waals surface area contributed by atoms with Crippen LogP contribution in [0.5, 0.6) is 0 Å². The number of aliphatic hydroxyl groups excluding tert-OH is 1.